The van der Waals surface area contributed by atoms with E-state index in [1.807, 2.05) is 6.92 Å². The van der Waals surface area contributed by atoms with E-state index < -0.39 is 15.6 Å². The van der Waals surface area contributed by atoms with Crippen LogP contribution in [0.15, 0.2) is 0 Å². The Bertz CT molecular complexity index is 361. The van der Waals surface area contributed by atoms with Gasteiger partial charge in [0.2, 0.25) is 5.91 Å². The highest BCUT2D eigenvalue weighted by atomic mass is 35.5. The Balaban J connectivity index is 0.00000289. The molecule has 0 aromatic heterocycles. The predicted octanol–water partition coefficient (Wildman–Crippen LogP) is -0.710. The van der Waals surface area contributed by atoms with Crippen molar-refractivity contribution >= 4 is 28.2 Å². The van der Waals surface area contributed by atoms with Gasteiger partial charge >= 0.3 is 0 Å². The van der Waals surface area contributed by atoms with Crippen molar-refractivity contribution in [2.75, 3.05) is 44.9 Å². The Hall–Kier alpha value is -0.370. The average Bonchev–Trinajstić information content (AvgIpc) is 2.26. The van der Waals surface area contributed by atoms with E-state index in [4.69, 9.17) is 4.74 Å². The summed E-state index contributed by atoms with van der Waals surface area (Å²) in [5.74, 6) is -0.828. The standard InChI is InChI=1S/C10H20N2O4S.ClH/c1-9-7-11-3-4-12(9)10(13)8-17(14,15)6-5-16-2;/h9,11H,3-8H2,1-2H3;1H/t9-;/m1./s1. The summed E-state index contributed by atoms with van der Waals surface area (Å²) in [4.78, 5) is 13.5. The Morgan fingerprint density at radius 2 is 2.17 bits per heavy atom. The summed E-state index contributed by atoms with van der Waals surface area (Å²) in [5.41, 5.74) is 0. The van der Waals surface area contributed by atoms with Crippen LogP contribution in [0.1, 0.15) is 6.92 Å². The number of hydrogen-bond acceptors (Lipinski definition) is 5. The lowest BCUT2D eigenvalue weighted by Crippen LogP contribution is -2.53. The van der Waals surface area contributed by atoms with E-state index in [1.165, 1.54) is 7.11 Å². The maximum atomic E-state index is 11.9. The van der Waals surface area contributed by atoms with Gasteiger partial charge in [-0.1, -0.05) is 0 Å². The molecule has 1 atom stereocenters. The third-order valence-corrected chi connectivity index (χ3v) is 4.24. The molecule has 0 spiro atoms. The first-order valence-electron chi connectivity index (χ1n) is 5.66. The van der Waals surface area contributed by atoms with Crippen LogP contribution in [-0.4, -0.2) is 70.1 Å². The first-order valence-corrected chi connectivity index (χ1v) is 7.48. The molecule has 0 aromatic carbocycles. The molecule has 1 saturated heterocycles. The minimum atomic E-state index is -3.35. The molecule has 0 aromatic rings. The van der Waals surface area contributed by atoms with Gasteiger partial charge in [-0.05, 0) is 6.92 Å². The molecule has 1 amide bonds. The number of nitrogens with zero attached hydrogens (tertiary/aromatic N) is 1. The number of methoxy groups -OCH3 is 1. The number of sulfone groups is 1. The molecule has 1 rings (SSSR count). The Morgan fingerprint density at radius 1 is 1.50 bits per heavy atom. The average molecular weight is 301 g/mol. The molecule has 1 aliphatic heterocycles. The summed E-state index contributed by atoms with van der Waals surface area (Å²) < 4.78 is 27.9. The predicted molar refractivity (Wildman–Crippen MR) is 71.8 cm³/mol. The van der Waals surface area contributed by atoms with Crippen molar-refractivity contribution < 1.29 is 17.9 Å². The van der Waals surface area contributed by atoms with E-state index in [2.05, 4.69) is 5.32 Å². The maximum absolute atomic E-state index is 11.9. The number of amides is 1. The fourth-order valence-electron chi connectivity index (χ4n) is 1.77. The minimum Gasteiger partial charge on any atom is -0.384 e. The molecule has 1 N–H and O–H groups in total. The summed E-state index contributed by atoms with van der Waals surface area (Å²) >= 11 is 0. The SMILES string of the molecule is COCCS(=O)(=O)CC(=O)N1CCNC[C@H]1C.Cl. The number of nitrogens with one attached hydrogen (secondary N) is 1. The molecule has 1 aliphatic rings. The van der Waals surface area contributed by atoms with E-state index >= 15 is 0 Å². The lowest BCUT2D eigenvalue weighted by atomic mass is 10.2. The molecular formula is C10H21ClN2O4S. The molecule has 1 heterocycles. The Morgan fingerprint density at radius 3 is 2.72 bits per heavy atom. The largest absolute Gasteiger partial charge is 0.384 e. The van der Waals surface area contributed by atoms with E-state index in [0.717, 1.165) is 0 Å². The van der Waals surface area contributed by atoms with Crippen LogP contribution >= 0.6 is 12.4 Å². The molecule has 0 unspecified atom stereocenters. The fourth-order valence-corrected chi connectivity index (χ4v) is 2.87. The molecule has 0 aliphatic carbocycles. The molecule has 0 saturated carbocycles. The van der Waals surface area contributed by atoms with Gasteiger partial charge in [0.05, 0.1) is 12.4 Å². The highest BCUT2D eigenvalue weighted by molar-refractivity contribution is 7.92. The van der Waals surface area contributed by atoms with Crippen molar-refractivity contribution in [1.82, 2.24) is 10.2 Å². The highest BCUT2D eigenvalue weighted by Gasteiger charge is 2.26. The lowest BCUT2D eigenvalue weighted by Gasteiger charge is -2.33. The first-order chi connectivity index (χ1) is 7.96. The molecule has 8 heteroatoms. The molecule has 0 radical (unpaired) electrons. The summed E-state index contributed by atoms with van der Waals surface area (Å²) in [5, 5.41) is 3.15. The number of carbonyl (C=O) groups is 1. The molecule has 18 heavy (non-hydrogen) atoms. The van der Waals surface area contributed by atoms with Gasteiger partial charge in [0.15, 0.2) is 9.84 Å². The van der Waals surface area contributed by atoms with Crippen LogP contribution in [0.25, 0.3) is 0 Å². The number of halogens is 1. The van der Waals surface area contributed by atoms with E-state index in [1.54, 1.807) is 4.90 Å². The van der Waals surface area contributed by atoms with Gasteiger partial charge in [-0.3, -0.25) is 4.79 Å². The number of carbonyl (C=O) groups excluding carboxylic acids is 1. The van der Waals surface area contributed by atoms with Gasteiger partial charge in [-0.15, -0.1) is 12.4 Å². The minimum absolute atomic E-state index is 0. The summed E-state index contributed by atoms with van der Waals surface area (Å²) in [7, 11) is -1.91. The lowest BCUT2D eigenvalue weighted by molar-refractivity contribution is -0.131. The molecule has 6 nitrogen and oxygen atoms in total. The molecular weight excluding hydrogens is 280 g/mol. The third kappa shape index (κ3) is 5.51. The Labute approximate surface area is 114 Å². The number of piperazine rings is 1. The van der Waals surface area contributed by atoms with Crippen molar-refractivity contribution in [2.24, 2.45) is 0 Å². The summed E-state index contributed by atoms with van der Waals surface area (Å²) in [6.45, 7) is 4.04. The van der Waals surface area contributed by atoms with Crippen LogP contribution in [0.3, 0.4) is 0 Å². The van der Waals surface area contributed by atoms with E-state index in [-0.39, 0.29) is 36.7 Å². The zero-order chi connectivity index (χ0) is 12.9. The monoisotopic (exact) mass is 300 g/mol. The second kappa shape index (κ2) is 7.93. The zero-order valence-electron chi connectivity index (χ0n) is 10.7. The van der Waals surface area contributed by atoms with Crippen LogP contribution in [0.5, 0.6) is 0 Å². The van der Waals surface area contributed by atoms with Gasteiger partial charge in [-0.25, -0.2) is 8.42 Å². The van der Waals surface area contributed by atoms with Gasteiger partial charge in [0.1, 0.15) is 5.75 Å². The van der Waals surface area contributed by atoms with Gasteiger partial charge in [0, 0.05) is 32.8 Å². The van der Waals surface area contributed by atoms with Crippen LogP contribution in [0, 0.1) is 0 Å². The number of ether oxygens (including phenoxy) is 1. The topological polar surface area (TPSA) is 75.7 Å². The van der Waals surface area contributed by atoms with Crippen LogP contribution in [0.2, 0.25) is 0 Å². The smallest absolute Gasteiger partial charge is 0.238 e. The second-order valence-corrected chi connectivity index (χ2v) is 6.41. The fraction of sp³-hybridized carbons (Fsp3) is 0.900. The molecule has 108 valence electrons. The zero-order valence-corrected chi connectivity index (χ0v) is 12.3. The highest BCUT2D eigenvalue weighted by Crippen LogP contribution is 2.05. The van der Waals surface area contributed by atoms with Crippen LogP contribution in [-0.2, 0) is 19.4 Å². The molecule has 0 bridgehead atoms. The quantitative estimate of drug-likeness (QED) is 0.726. The van der Waals surface area contributed by atoms with Gasteiger partial charge in [-0.2, -0.15) is 0 Å². The van der Waals surface area contributed by atoms with E-state index in [9.17, 15) is 13.2 Å². The summed E-state index contributed by atoms with van der Waals surface area (Å²) in [6.07, 6.45) is 0. The number of rotatable bonds is 5. The maximum Gasteiger partial charge on any atom is 0.238 e. The second-order valence-electron chi connectivity index (χ2n) is 4.23. The third-order valence-electron chi connectivity index (χ3n) is 2.76. The summed E-state index contributed by atoms with van der Waals surface area (Å²) in [6, 6.07) is 0.0499. The molecule has 1 fully saturated rings. The van der Waals surface area contributed by atoms with Crippen LogP contribution in [0.4, 0.5) is 0 Å². The van der Waals surface area contributed by atoms with Crippen molar-refractivity contribution in [3.8, 4) is 0 Å². The first kappa shape index (κ1) is 17.6. The van der Waals surface area contributed by atoms with Gasteiger partial charge in [0.25, 0.3) is 0 Å². The Kier molecular flexibility index (Phi) is 7.77. The number of hydrogen-bond donors (Lipinski definition) is 1. The van der Waals surface area contributed by atoms with E-state index in [0.29, 0.717) is 19.6 Å². The van der Waals surface area contributed by atoms with Crippen LogP contribution < -0.4 is 5.32 Å². The van der Waals surface area contributed by atoms with Gasteiger partial charge < -0.3 is 15.0 Å². The van der Waals surface area contributed by atoms with Crippen molar-refractivity contribution in [3.63, 3.8) is 0 Å². The normalized spacial score (nSPS) is 20.3. The van der Waals surface area contributed by atoms with Crippen molar-refractivity contribution in [1.29, 1.82) is 0 Å². The van der Waals surface area contributed by atoms with Crippen molar-refractivity contribution in [2.45, 2.75) is 13.0 Å². The van der Waals surface area contributed by atoms with Crippen molar-refractivity contribution in [3.05, 3.63) is 0 Å².